The number of amides is 1. The fourth-order valence-corrected chi connectivity index (χ4v) is 4.10. The van der Waals surface area contributed by atoms with Gasteiger partial charge in [0.2, 0.25) is 5.91 Å². The maximum atomic E-state index is 11.9. The number of nitrogens with zero attached hydrogens (tertiary/aromatic N) is 2. The van der Waals surface area contributed by atoms with E-state index in [1.807, 2.05) is 6.26 Å². The first-order valence-corrected chi connectivity index (χ1v) is 9.60. The summed E-state index contributed by atoms with van der Waals surface area (Å²) in [4.78, 5) is 11.9. The van der Waals surface area contributed by atoms with Crippen molar-refractivity contribution in [1.29, 1.82) is 0 Å². The monoisotopic (exact) mass is 399 g/mol. The normalized spacial score (nSPS) is 10.7. The van der Waals surface area contributed by atoms with Crippen LogP contribution in [0.15, 0.2) is 20.8 Å². The van der Waals surface area contributed by atoms with Gasteiger partial charge in [0.25, 0.3) is 0 Å². The Bertz CT molecular complexity index is 665. The highest BCUT2D eigenvalue weighted by Gasteiger charge is 2.11. The Morgan fingerprint density at radius 1 is 1.19 bits per heavy atom. The summed E-state index contributed by atoms with van der Waals surface area (Å²) in [7, 11) is 0. The molecule has 4 nitrogen and oxygen atoms in total. The van der Waals surface area contributed by atoms with E-state index in [4.69, 9.17) is 34.8 Å². The number of thioether (sulfide) groups is 2. The maximum absolute atomic E-state index is 11.9. The standard InChI is InChI=1S/C11H8Cl3N3OS3/c1-19-10-16-17-11(21-10)20-4-9(18)15-8-3-6(13)5(12)2-7(8)14/h2-3H,4H2,1H3,(H,15,18). The summed E-state index contributed by atoms with van der Waals surface area (Å²) < 4.78 is 1.61. The molecule has 1 aromatic carbocycles. The smallest absolute Gasteiger partial charge is 0.234 e. The SMILES string of the molecule is CSc1nnc(SCC(=O)Nc2cc(Cl)c(Cl)cc2Cl)s1. The minimum absolute atomic E-state index is 0.207. The first-order chi connectivity index (χ1) is 9.99. The van der Waals surface area contributed by atoms with E-state index in [0.717, 1.165) is 8.68 Å². The molecule has 0 unspecified atom stereocenters. The highest BCUT2D eigenvalue weighted by atomic mass is 35.5. The van der Waals surface area contributed by atoms with Crippen LogP contribution in [0.25, 0.3) is 0 Å². The molecule has 2 rings (SSSR count). The van der Waals surface area contributed by atoms with Crippen molar-refractivity contribution in [2.75, 3.05) is 17.3 Å². The van der Waals surface area contributed by atoms with Crippen LogP contribution in [0.1, 0.15) is 0 Å². The van der Waals surface area contributed by atoms with Crippen LogP contribution in [0.2, 0.25) is 15.1 Å². The average molecular weight is 401 g/mol. The Hall–Kier alpha value is -0.180. The second-order valence-electron chi connectivity index (χ2n) is 3.62. The van der Waals surface area contributed by atoms with Gasteiger partial charge in [0.05, 0.1) is 26.5 Å². The van der Waals surface area contributed by atoms with Gasteiger partial charge < -0.3 is 5.32 Å². The molecule has 0 radical (unpaired) electrons. The van der Waals surface area contributed by atoms with Crippen molar-refractivity contribution in [3.8, 4) is 0 Å². The van der Waals surface area contributed by atoms with Crippen molar-refractivity contribution in [3.63, 3.8) is 0 Å². The minimum Gasteiger partial charge on any atom is -0.324 e. The van der Waals surface area contributed by atoms with Gasteiger partial charge in [-0.25, -0.2) is 0 Å². The lowest BCUT2D eigenvalue weighted by Crippen LogP contribution is -2.14. The fourth-order valence-electron chi connectivity index (χ4n) is 1.27. The van der Waals surface area contributed by atoms with Gasteiger partial charge in [-0.2, -0.15) is 0 Å². The van der Waals surface area contributed by atoms with Crippen LogP contribution in [0.3, 0.4) is 0 Å². The molecule has 0 spiro atoms. The Morgan fingerprint density at radius 2 is 1.86 bits per heavy atom. The van der Waals surface area contributed by atoms with Crippen LogP contribution in [0.5, 0.6) is 0 Å². The number of anilines is 1. The van der Waals surface area contributed by atoms with Crippen LogP contribution in [-0.2, 0) is 4.79 Å². The van der Waals surface area contributed by atoms with Crippen molar-refractivity contribution in [1.82, 2.24) is 10.2 Å². The number of halogens is 3. The molecular weight excluding hydrogens is 393 g/mol. The zero-order valence-electron chi connectivity index (χ0n) is 10.5. The molecule has 0 aliphatic heterocycles. The number of carbonyl (C=O) groups excluding carboxylic acids is 1. The molecular formula is C11H8Cl3N3OS3. The maximum Gasteiger partial charge on any atom is 0.234 e. The number of nitrogens with one attached hydrogen (secondary N) is 1. The Labute approximate surface area is 148 Å². The molecule has 0 saturated carbocycles. The van der Waals surface area contributed by atoms with Gasteiger partial charge in [-0.3, -0.25) is 4.79 Å². The highest BCUT2D eigenvalue weighted by Crippen LogP contribution is 2.32. The van der Waals surface area contributed by atoms with Crippen LogP contribution in [0, 0.1) is 0 Å². The molecule has 0 aliphatic carbocycles. The van der Waals surface area contributed by atoms with Crippen molar-refractivity contribution in [3.05, 3.63) is 27.2 Å². The van der Waals surface area contributed by atoms with Crippen LogP contribution < -0.4 is 5.32 Å². The summed E-state index contributed by atoms with van der Waals surface area (Å²) in [6.07, 6.45) is 1.92. The third-order valence-corrected chi connectivity index (χ3v) is 6.24. The van der Waals surface area contributed by atoms with E-state index in [-0.39, 0.29) is 11.7 Å². The minimum atomic E-state index is -0.207. The first-order valence-electron chi connectivity index (χ1n) is 5.44. The predicted octanol–water partition coefficient (Wildman–Crippen LogP) is 4.95. The van der Waals surface area contributed by atoms with Crippen molar-refractivity contribution >= 4 is 81.3 Å². The third-order valence-electron chi connectivity index (χ3n) is 2.17. The van der Waals surface area contributed by atoms with Gasteiger partial charge >= 0.3 is 0 Å². The summed E-state index contributed by atoms with van der Waals surface area (Å²) in [6.45, 7) is 0. The van der Waals surface area contributed by atoms with Gasteiger partial charge in [0.1, 0.15) is 0 Å². The Morgan fingerprint density at radius 3 is 2.52 bits per heavy atom. The molecule has 112 valence electrons. The molecule has 0 bridgehead atoms. The zero-order chi connectivity index (χ0) is 15.4. The van der Waals surface area contributed by atoms with Crippen molar-refractivity contribution in [2.24, 2.45) is 0 Å². The number of benzene rings is 1. The fraction of sp³-hybridized carbons (Fsp3) is 0.182. The zero-order valence-corrected chi connectivity index (χ0v) is 15.2. The highest BCUT2D eigenvalue weighted by molar-refractivity contribution is 8.03. The number of hydrogen-bond donors (Lipinski definition) is 1. The third kappa shape index (κ3) is 4.91. The molecule has 1 heterocycles. The molecule has 21 heavy (non-hydrogen) atoms. The summed E-state index contributed by atoms with van der Waals surface area (Å²) in [5, 5.41) is 11.6. The molecule has 2 aromatic rings. The lowest BCUT2D eigenvalue weighted by atomic mass is 10.3. The second-order valence-corrected chi connectivity index (χ2v) is 8.10. The van der Waals surface area contributed by atoms with E-state index >= 15 is 0 Å². The number of aromatic nitrogens is 2. The van der Waals surface area contributed by atoms with Gasteiger partial charge in [-0.1, -0.05) is 69.7 Å². The number of rotatable bonds is 5. The summed E-state index contributed by atoms with van der Waals surface area (Å²) in [6, 6.07) is 3.01. The molecule has 1 aromatic heterocycles. The van der Waals surface area contributed by atoms with Gasteiger partial charge in [-0.15, -0.1) is 10.2 Å². The predicted molar refractivity (Wildman–Crippen MR) is 92.5 cm³/mol. The number of carbonyl (C=O) groups is 1. The van der Waals surface area contributed by atoms with E-state index in [9.17, 15) is 4.79 Å². The molecule has 0 saturated heterocycles. The largest absolute Gasteiger partial charge is 0.324 e. The molecule has 0 aliphatic rings. The number of hydrogen-bond acceptors (Lipinski definition) is 6. The van der Waals surface area contributed by atoms with Crippen LogP contribution in [-0.4, -0.2) is 28.1 Å². The average Bonchev–Trinajstić information content (AvgIpc) is 2.90. The van der Waals surface area contributed by atoms with Gasteiger partial charge in [-0.05, 0) is 18.4 Å². The molecule has 0 atom stereocenters. The van der Waals surface area contributed by atoms with Gasteiger partial charge in [0, 0.05) is 0 Å². The summed E-state index contributed by atoms with van der Waals surface area (Å²) in [5.74, 6) is 0.000694. The molecule has 10 heteroatoms. The van der Waals surface area contributed by atoms with E-state index in [2.05, 4.69) is 15.5 Å². The lowest BCUT2D eigenvalue weighted by molar-refractivity contribution is -0.113. The summed E-state index contributed by atoms with van der Waals surface area (Å²) >= 11 is 22.0. The van der Waals surface area contributed by atoms with E-state index < -0.39 is 0 Å². The quantitative estimate of drug-likeness (QED) is 0.568. The van der Waals surface area contributed by atoms with E-state index in [0.29, 0.717) is 20.8 Å². The Balaban J connectivity index is 1.94. The molecule has 1 N–H and O–H groups in total. The molecule has 1 amide bonds. The van der Waals surface area contributed by atoms with E-state index in [1.54, 1.807) is 0 Å². The van der Waals surface area contributed by atoms with E-state index in [1.165, 1.54) is 47.0 Å². The lowest BCUT2D eigenvalue weighted by Gasteiger charge is -2.08. The molecule has 0 fully saturated rings. The van der Waals surface area contributed by atoms with Crippen LogP contribution >= 0.6 is 69.7 Å². The first kappa shape index (κ1) is 17.2. The van der Waals surface area contributed by atoms with Gasteiger partial charge in [0.15, 0.2) is 8.68 Å². The van der Waals surface area contributed by atoms with Crippen LogP contribution in [0.4, 0.5) is 5.69 Å². The topological polar surface area (TPSA) is 54.9 Å². The second kappa shape index (κ2) is 7.89. The van der Waals surface area contributed by atoms with Crippen molar-refractivity contribution < 1.29 is 4.79 Å². The Kier molecular flexibility index (Phi) is 6.46. The summed E-state index contributed by atoms with van der Waals surface area (Å²) in [5.41, 5.74) is 0.429. The van der Waals surface area contributed by atoms with Crippen molar-refractivity contribution in [2.45, 2.75) is 8.68 Å².